The minimum Gasteiger partial charge on any atom is -0.393 e. The van der Waals surface area contributed by atoms with Crippen molar-refractivity contribution in [1.82, 2.24) is 0 Å². The van der Waals surface area contributed by atoms with Crippen molar-refractivity contribution in [2.24, 2.45) is 40.9 Å². The highest BCUT2D eigenvalue weighted by molar-refractivity contribution is 5.93. The summed E-state index contributed by atoms with van der Waals surface area (Å²) in [4.78, 5) is 13.3. The third-order valence-corrected chi connectivity index (χ3v) is 8.50. The molecule has 4 aliphatic carbocycles. The van der Waals surface area contributed by atoms with Gasteiger partial charge in [0, 0.05) is 18.3 Å². The first-order chi connectivity index (χ1) is 13.4. The van der Waals surface area contributed by atoms with Crippen LogP contribution < -0.4 is 0 Å². The molecule has 0 aromatic heterocycles. The summed E-state index contributed by atoms with van der Waals surface area (Å²) >= 11 is 0. The van der Waals surface area contributed by atoms with Crippen molar-refractivity contribution < 1.29 is 14.6 Å². The van der Waals surface area contributed by atoms with Crippen LogP contribution in [-0.2, 0) is 16.1 Å². The van der Waals surface area contributed by atoms with Crippen LogP contribution in [-0.4, -0.2) is 23.1 Å². The van der Waals surface area contributed by atoms with Gasteiger partial charge in [0.2, 0.25) is 0 Å². The van der Waals surface area contributed by atoms with Crippen LogP contribution in [0.4, 0.5) is 0 Å². The molecule has 5 rings (SSSR count). The zero-order chi connectivity index (χ0) is 19.6. The van der Waals surface area contributed by atoms with Gasteiger partial charge in [0.25, 0.3) is 0 Å². The molecule has 1 N–H and O–H groups in total. The van der Waals surface area contributed by atoms with E-state index in [1.165, 1.54) is 11.1 Å². The maximum atomic E-state index is 13.3. The molecule has 3 fully saturated rings. The molecule has 0 heterocycles. The number of allylic oxidation sites excluding steroid dienone is 1. The van der Waals surface area contributed by atoms with Crippen LogP contribution in [0.1, 0.15) is 45.6 Å². The SMILES string of the molecule is C[C@H]1CC(=O)[C@@]23C1=C[C@@H]1[C@H](C2[C@@H](O)C[C@@H]3C)[C@@H](C)C[C@@H]1OCc1ccccc1. The minimum absolute atomic E-state index is 0.0743. The van der Waals surface area contributed by atoms with Gasteiger partial charge in [0.05, 0.1) is 24.2 Å². The van der Waals surface area contributed by atoms with Crippen LogP contribution in [0.25, 0.3) is 0 Å². The standard InChI is InChI=1S/C25H32O3/c1-14-10-22(27)25-16(3)11-20(26)24(25)23-15(2)9-21(18(23)12-19(14)25)28-13-17-7-5-4-6-8-17/h4-8,12,14-16,18,20-21,23-24,26H,9-11,13H2,1-3H3/t14-,15-,16-,18-,20-,21-,23+,24?,25+/m0/s1. The summed E-state index contributed by atoms with van der Waals surface area (Å²) in [5.74, 6) is 2.14. The van der Waals surface area contributed by atoms with E-state index in [1.807, 2.05) is 6.07 Å². The fourth-order valence-corrected chi connectivity index (χ4v) is 7.54. The maximum Gasteiger partial charge on any atom is 0.144 e. The number of benzene rings is 1. The molecule has 3 heteroatoms. The van der Waals surface area contributed by atoms with Crippen molar-refractivity contribution in [3.63, 3.8) is 0 Å². The summed E-state index contributed by atoms with van der Waals surface area (Å²) in [6.45, 7) is 7.32. The molecule has 1 unspecified atom stereocenters. The fraction of sp³-hybridized carbons (Fsp3) is 0.640. The lowest BCUT2D eigenvalue weighted by Gasteiger charge is -2.47. The number of hydrogen-bond donors (Lipinski definition) is 1. The number of aliphatic hydroxyl groups excluding tert-OH is 1. The number of fused-ring (bicyclic) bond motifs is 2. The zero-order valence-corrected chi connectivity index (χ0v) is 17.2. The van der Waals surface area contributed by atoms with Crippen molar-refractivity contribution >= 4 is 5.78 Å². The van der Waals surface area contributed by atoms with Crippen molar-refractivity contribution in [2.75, 3.05) is 0 Å². The average Bonchev–Trinajstić information content (AvgIpc) is 3.23. The van der Waals surface area contributed by atoms with Crippen LogP contribution in [0, 0.1) is 40.9 Å². The second-order valence-electron chi connectivity index (χ2n) is 9.95. The molecule has 0 aliphatic heterocycles. The summed E-state index contributed by atoms with van der Waals surface area (Å²) in [7, 11) is 0. The zero-order valence-electron chi connectivity index (χ0n) is 17.2. The lowest BCUT2D eigenvalue weighted by atomic mass is 9.56. The predicted octanol–water partition coefficient (Wildman–Crippen LogP) is 4.40. The molecule has 3 saturated carbocycles. The number of rotatable bonds is 3. The second kappa shape index (κ2) is 6.53. The number of ether oxygens (including phenoxy) is 1. The van der Waals surface area contributed by atoms with Gasteiger partial charge >= 0.3 is 0 Å². The highest BCUT2D eigenvalue weighted by Crippen LogP contribution is 2.68. The largest absolute Gasteiger partial charge is 0.393 e. The number of carbonyl (C=O) groups excluding carboxylic acids is 1. The van der Waals surface area contributed by atoms with Crippen molar-refractivity contribution in [1.29, 1.82) is 0 Å². The molecular weight excluding hydrogens is 348 g/mol. The number of hydrogen-bond acceptors (Lipinski definition) is 3. The Bertz CT molecular complexity index is 799. The molecule has 4 aliphatic rings. The van der Waals surface area contributed by atoms with Gasteiger partial charge in [-0.05, 0) is 42.1 Å². The molecular formula is C25H32O3. The Balaban J connectivity index is 1.50. The van der Waals surface area contributed by atoms with Crippen molar-refractivity contribution in [3.05, 3.63) is 47.5 Å². The Morgan fingerprint density at radius 1 is 1.14 bits per heavy atom. The monoisotopic (exact) mass is 380 g/mol. The molecule has 3 nitrogen and oxygen atoms in total. The van der Waals surface area contributed by atoms with Crippen molar-refractivity contribution in [3.8, 4) is 0 Å². The Labute approximate surface area is 168 Å². The highest BCUT2D eigenvalue weighted by Gasteiger charge is 2.69. The fourth-order valence-electron chi connectivity index (χ4n) is 7.54. The molecule has 0 amide bonds. The van der Waals surface area contributed by atoms with Crippen LogP contribution in [0.3, 0.4) is 0 Å². The quantitative estimate of drug-likeness (QED) is 0.791. The summed E-state index contributed by atoms with van der Waals surface area (Å²) < 4.78 is 6.44. The van der Waals surface area contributed by atoms with Gasteiger partial charge in [0.1, 0.15) is 5.78 Å². The lowest BCUT2D eigenvalue weighted by Crippen LogP contribution is -2.48. The molecule has 9 atom stereocenters. The van der Waals surface area contributed by atoms with Crippen LogP contribution in [0.2, 0.25) is 0 Å². The summed E-state index contributed by atoms with van der Waals surface area (Å²) in [5.41, 5.74) is 2.13. The molecule has 0 bridgehead atoms. The van der Waals surface area contributed by atoms with E-state index in [2.05, 4.69) is 51.1 Å². The van der Waals surface area contributed by atoms with Gasteiger partial charge < -0.3 is 9.84 Å². The topological polar surface area (TPSA) is 46.5 Å². The molecule has 1 aromatic rings. The van der Waals surface area contributed by atoms with Crippen molar-refractivity contribution in [2.45, 2.75) is 58.8 Å². The molecule has 150 valence electrons. The Kier molecular flexibility index (Phi) is 4.33. The van der Waals surface area contributed by atoms with E-state index in [0.29, 0.717) is 42.5 Å². The average molecular weight is 381 g/mol. The summed E-state index contributed by atoms with van der Waals surface area (Å²) in [6.07, 6.45) is 4.66. The first-order valence-corrected chi connectivity index (χ1v) is 11.0. The lowest BCUT2D eigenvalue weighted by molar-refractivity contribution is -0.132. The van der Waals surface area contributed by atoms with E-state index in [9.17, 15) is 9.90 Å². The third-order valence-electron chi connectivity index (χ3n) is 8.50. The van der Waals surface area contributed by atoms with Gasteiger partial charge in [-0.3, -0.25) is 4.79 Å². The van der Waals surface area contributed by atoms with Gasteiger partial charge in [-0.15, -0.1) is 0 Å². The molecule has 1 spiro atoms. The number of aliphatic hydroxyl groups is 1. The number of carbonyl (C=O) groups is 1. The Morgan fingerprint density at radius 3 is 2.64 bits per heavy atom. The van der Waals surface area contributed by atoms with E-state index in [1.54, 1.807) is 0 Å². The van der Waals surface area contributed by atoms with Crippen LogP contribution in [0.5, 0.6) is 0 Å². The molecule has 28 heavy (non-hydrogen) atoms. The normalized spacial score (nSPS) is 46.9. The van der Waals surface area contributed by atoms with Gasteiger partial charge in [-0.1, -0.05) is 62.8 Å². The Hall–Kier alpha value is -1.45. The second-order valence-corrected chi connectivity index (χ2v) is 9.95. The van der Waals surface area contributed by atoms with Gasteiger partial charge in [0.15, 0.2) is 0 Å². The van der Waals surface area contributed by atoms with E-state index in [0.717, 1.165) is 12.8 Å². The highest BCUT2D eigenvalue weighted by atomic mass is 16.5. The predicted molar refractivity (Wildman–Crippen MR) is 108 cm³/mol. The van der Waals surface area contributed by atoms with Gasteiger partial charge in [-0.2, -0.15) is 0 Å². The third kappa shape index (κ3) is 2.39. The van der Waals surface area contributed by atoms with Crippen LogP contribution >= 0.6 is 0 Å². The van der Waals surface area contributed by atoms with E-state index in [-0.39, 0.29) is 24.0 Å². The molecule has 0 radical (unpaired) electrons. The summed E-state index contributed by atoms with van der Waals surface area (Å²) in [6, 6.07) is 10.4. The first-order valence-electron chi connectivity index (χ1n) is 11.0. The number of ketones is 1. The number of Topliss-reactive ketones (excluding diaryl/α,β-unsaturated/α-hetero) is 1. The summed E-state index contributed by atoms with van der Waals surface area (Å²) in [5, 5.41) is 11.1. The van der Waals surface area contributed by atoms with E-state index in [4.69, 9.17) is 4.74 Å². The van der Waals surface area contributed by atoms with Crippen LogP contribution in [0.15, 0.2) is 42.0 Å². The molecule has 1 aromatic carbocycles. The molecule has 0 saturated heterocycles. The van der Waals surface area contributed by atoms with E-state index >= 15 is 0 Å². The Morgan fingerprint density at radius 2 is 1.89 bits per heavy atom. The van der Waals surface area contributed by atoms with E-state index < -0.39 is 5.41 Å². The first kappa shape index (κ1) is 18.6. The van der Waals surface area contributed by atoms with Gasteiger partial charge in [-0.25, -0.2) is 0 Å². The maximum absolute atomic E-state index is 13.3. The minimum atomic E-state index is -0.400. The smallest absolute Gasteiger partial charge is 0.144 e.